The number of carbonyl (C=O) groups excluding carboxylic acids is 1. The number of pyridine rings is 1. The second-order valence-corrected chi connectivity index (χ2v) is 7.63. The minimum Gasteiger partial charge on any atom is -0.487 e. The normalized spacial score (nSPS) is 26.7. The van der Waals surface area contributed by atoms with Gasteiger partial charge >= 0.3 is 0 Å². The van der Waals surface area contributed by atoms with Gasteiger partial charge in [-0.15, -0.1) is 0 Å². The highest BCUT2D eigenvalue weighted by Crippen LogP contribution is 2.48. The zero-order chi connectivity index (χ0) is 18.1. The third-order valence-electron chi connectivity index (χ3n) is 5.60. The highest BCUT2D eigenvalue weighted by Gasteiger charge is 2.49. The van der Waals surface area contributed by atoms with Gasteiger partial charge in [0.05, 0.1) is 10.9 Å². The van der Waals surface area contributed by atoms with Crippen LogP contribution in [-0.2, 0) is 11.4 Å². The van der Waals surface area contributed by atoms with Crippen LogP contribution in [0.15, 0.2) is 42.7 Å². The summed E-state index contributed by atoms with van der Waals surface area (Å²) in [6.45, 7) is 0.388. The fourth-order valence-electron chi connectivity index (χ4n) is 4.29. The Bertz CT molecular complexity index is 797. The van der Waals surface area contributed by atoms with Crippen LogP contribution in [0.1, 0.15) is 24.8 Å². The van der Waals surface area contributed by atoms with E-state index in [2.05, 4.69) is 10.3 Å². The van der Waals surface area contributed by atoms with Gasteiger partial charge in [0.25, 0.3) is 0 Å². The largest absolute Gasteiger partial charge is 0.487 e. The van der Waals surface area contributed by atoms with E-state index in [1.807, 2.05) is 12.1 Å². The van der Waals surface area contributed by atoms with Gasteiger partial charge in [-0.05, 0) is 55.4 Å². The zero-order valence-electron chi connectivity index (χ0n) is 14.4. The quantitative estimate of drug-likeness (QED) is 0.841. The van der Waals surface area contributed by atoms with E-state index < -0.39 is 0 Å². The van der Waals surface area contributed by atoms with Crippen molar-refractivity contribution in [1.29, 1.82) is 0 Å². The van der Waals surface area contributed by atoms with Crippen molar-refractivity contribution in [3.8, 4) is 5.75 Å². The molecular weight excluding hydrogens is 350 g/mol. The third kappa shape index (κ3) is 3.41. The lowest BCUT2D eigenvalue weighted by Gasteiger charge is -2.27. The van der Waals surface area contributed by atoms with Crippen LogP contribution >= 0.6 is 11.6 Å². The molecule has 2 fully saturated rings. The molecule has 2 aliphatic rings. The molecule has 1 amide bonds. The monoisotopic (exact) mass is 371 g/mol. The maximum atomic E-state index is 12.6. The Kier molecular flexibility index (Phi) is 4.83. The molecule has 6 heteroatoms. The average Bonchev–Trinajstić information content (AvgIpc) is 3.23. The van der Waals surface area contributed by atoms with Gasteiger partial charge in [-0.2, -0.15) is 0 Å². The molecule has 0 radical (unpaired) electrons. The maximum absolute atomic E-state index is 12.6. The second kappa shape index (κ2) is 7.25. The summed E-state index contributed by atoms with van der Waals surface area (Å²) in [6.07, 6.45) is 6.82. The predicted octanol–water partition coefficient (Wildman–Crippen LogP) is 3.63. The van der Waals surface area contributed by atoms with Crippen LogP contribution in [0.3, 0.4) is 0 Å². The summed E-state index contributed by atoms with van der Waals surface area (Å²) in [4.78, 5) is 16.7. The second-order valence-electron chi connectivity index (χ2n) is 7.22. The van der Waals surface area contributed by atoms with Crippen molar-refractivity contribution < 1.29 is 9.53 Å². The van der Waals surface area contributed by atoms with Gasteiger partial charge in [0.15, 0.2) is 0 Å². The number of hydrogen-bond donors (Lipinski definition) is 2. The minimum atomic E-state index is -0.0889. The first-order chi connectivity index (χ1) is 12.6. The fraction of sp³-hybridized carbons (Fsp3) is 0.400. The molecule has 1 aromatic carbocycles. The lowest BCUT2D eigenvalue weighted by atomic mass is 9.84. The number of nitrogens with two attached hydrogens (primary N) is 1. The first-order valence-electron chi connectivity index (χ1n) is 8.99. The Morgan fingerprint density at radius 2 is 2.15 bits per heavy atom. The Hall–Kier alpha value is -2.11. The standard InChI is InChI=1S/C20H22ClN3O2/c21-16-9-15(5-6-17(16)26-11-12-2-1-7-23-10-12)24-20(25)18-13-3-4-14(8-13)19(18)22/h1-2,5-7,9-10,13-14,18-19H,3-4,8,11,22H2,(H,24,25). The van der Waals surface area contributed by atoms with Crippen LogP contribution < -0.4 is 15.8 Å². The van der Waals surface area contributed by atoms with Crippen molar-refractivity contribution in [3.63, 3.8) is 0 Å². The van der Waals surface area contributed by atoms with E-state index in [9.17, 15) is 4.79 Å². The van der Waals surface area contributed by atoms with Gasteiger partial charge in [0.1, 0.15) is 12.4 Å². The molecule has 26 heavy (non-hydrogen) atoms. The van der Waals surface area contributed by atoms with Crippen molar-refractivity contribution >= 4 is 23.2 Å². The minimum absolute atomic E-state index is 0.00444. The first-order valence-corrected chi connectivity index (χ1v) is 9.37. The van der Waals surface area contributed by atoms with Crippen molar-refractivity contribution in [2.24, 2.45) is 23.5 Å². The van der Waals surface area contributed by atoms with Gasteiger partial charge in [0, 0.05) is 29.7 Å². The average molecular weight is 372 g/mol. The van der Waals surface area contributed by atoms with Gasteiger partial charge in [0.2, 0.25) is 5.91 Å². The predicted molar refractivity (Wildman–Crippen MR) is 101 cm³/mol. The van der Waals surface area contributed by atoms with Crippen molar-refractivity contribution in [2.75, 3.05) is 5.32 Å². The molecule has 3 N–H and O–H groups in total. The number of amides is 1. The molecule has 136 valence electrons. The zero-order valence-corrected chi connectivity index (χ0v) is 15.2. The maximum Gasteiger partial charge on any atom is 0.229 e. The lowest BCUT2D eigenvalue weighted by Crippen LogP contribution is -2.42. The van der Waals surface area contributed by atoms with Crippen LogP contribution in [0.5, 0.6) is 5.75 Å². The molecule has 1 aromatic heterocycles. The number of nitrogens with one attached hydrogen (secondary N) is 1. The number of anilines is 1. The molecule has 2 aromatic rings. The Labute approximate surface area is 157 Å². The molecule has 5 nitrogen and oxygen atoms in total. The smallest absolute Gasteiger partial charge is 0.229 e. The van der Waals surface area contributed by atoms with E-state index in [1.54, 1.807) is 30.6 Å². The van der Waals surface area contributed by atoms with Gasteiger partial charge < -0.3 is 15.8 Å². The van der Waals surface area contributed by atoms with Crippen LogP contribution in [-0.4, -0.2) is 16.9 Å². The number of hydrogen-bond acceptors (Lipinski definition) is 4. The summed E-state index contributed by atoms with van der Waals surface area (Å²) in [5.41, 5.74) is 7.89. The first kappa shape index (κ1) is 17.3. The van der Waals surface area contributed by atoms with Gasteiger partial charge in [-0.1, -0.05) is 17.7 Å². The highest BCUT2D eigenvalue weighted by atomic mass is 35.5. The fourth-order valence-corrected chi connectivity index (χ4v) is 4.53. The number of rotatable bonds is 5. The van der Waals surface area contributed by atoms with E-state index in [1.165, 1.54) is 0 Å². The summed E-state index contributed by atoms with van der Waals surface area (Å²) in [5, 5.41) is 3.43. The van der Waals surface area contributed by atoms with Crippen molar-refractivity contribution in [2.45, 2.75) is 31.9 Å². The van der Waals surface area contributed by atoms with Crippen molar-refractivity contribution in [3.05, 3.63) is 53.3 Å². The molecule has 0 spiro atoms. The SMILES string of the molecule is NC1C2CCC(C2)C1C(=O)Nc1ccc(OCc2cccnc2)c(Cl)c1. The summed E-state index contributed by atoms with van der Waals surface area (Å²) in [7, 11) is 0. The molecule has 2 saturated carbocycles. The Balaban J connectivity index is 1.39. The number of nitrogens with zero attached hydrogens (tertiary/aromatic N) is 1. The number of benzene rings is 1. The van der Waals surface area contributed by atoms with E-state index in [-0.39, 0.29) is 17.9 Å². The lowest BCUT2D eigenvalue weighted by molar-refractivity contribution is -0.121. The van der Waals surface area contributed by atoms with Gasteiger partial charge in [-0.25, -0.2) is 0 Å². The number of aromatic nitrogens is 1. The number of halogens is 1. The molecular formula is C20H22ClN3O2. The molecule has 2 aliphatic carbocycles. The Morgan fingerprint density at radius 3 is 2.85 bits per heavy atom. The molecule has 4 atom stereocenters. The van der Waals surface area contributed by atoms with Crippen LogP contribution in [0.2, 0.25) is 5.02 Å². The van der Waals surface area contributed by atoms with Gasteiger partial charge in [-0.3, -0.25) is 9.78 Å². The molecule has 4 rings (SSSR count). The van der Waals surface area contributed by atoms with E-state index in [0.717, 1.165) is 24.8 Å². The third-order valence-corrected chi connectivity index (χ3v) is 5.90. The molecule has 0 aliphatic heterocycles. The molecule has 0 saturated heterocycles. The number of ether oxygens (including phenoxy) is 1. The van der Waals surface area contributed by atoms with Crippen LogP contribution in [0.25, 0.3) is 0 Å². The summed E-state index contributed by atoms with van der Waals surface area (Å²) in [6, 6.07) is 9.08. The van der Waals surface area contributed by atoms with Crippen LogP contribution in [0, 0.1) is 17.8 Å². The van der Waals surface area contributed by atoms with Crippen LogP contribution in [0.4, 0.5) is 5.69 Å². The molecule has 4 unspecified atom stereocenters. The van der Waals surface area contributed by atoms with E-state index in [4.69, 9.17) is 22.1 Å². The number of carbonyl (C=O) groups is 1. The topological polar surface area (TPSA) is 77.2 Å². The molecule has 2 bridgehead atoms. The summed E-state index contributed by atoms with van der Waals surface area (Å²) >= 11 is 6.31. The number of fused-ring (bicyclic) bond motifs is 2. The summed E-state index contributed by atoms with van der Waals surface area (Å²) < 4.78 is 5.74. The van der Waals surface area contributed by atoms with Crippen molar-refractivity contribution in [1.82, 2.24) is 4.98 Å². The highest BCUT2D eigenvalue weighted by molar-refractivity contribution is 6.32. The Morgan fingerprint density at radius 1 is 1.31 bits per heavy atom. The van der Waals surface area contributed by atoms with E-state index in [0.29, 0.717) is 34.9 Å². The molecule has 1 heterocycles. The summed E-state index contributed by atoms with van der Waals surface area (Å²) in [5.74, 6) is 1.42. The van der Waals surface area contributed by atoms with E-state index >= 15 is 0 Å².